The summed E-state index contributed by atoms with van der Waals surface area (Å²) < 4.78 is 5.56. The summed E-state index contributed by atoms with van der Waals surface area (Å²) in [6.45, 7) is 17.0. The van der Waals surface area contributed by atoms with E-state index < -0.39 is 5.60 Å². The van der Waals surface area contributed by atoms with Crippen LogP contribution in [0.4, 0.5) is 10.5 Å². The van der Waals surface area contributed by atoms with Crippen molar-refractivity contribution in [1.29, 1.82) is 0 Å². The Hall–Kier alpha value is -2.45. The molecule has 0 radical (unpaired) electrons. The third-order valence-corrected chi connectivity index (χ3v) is 5.04. The molecule has 0 aromatic heterocycles. The van der Waals surface area contributed by atoms with Crippen LogP contribution in [0.5, 0.6) is 0 Å². The zero-order chi connectivity index (χ0) is 21.1. The van der Waals surface area contributed by atoms with E-state index in [4.69, 9.17) is 4.74 Å². The number of ether oxygens (including phenoxy) is 1. The Kier molecular flexibility index (Phi) is 6.79. The molecule has 0 unspecified atom stereocenters. The molecule has 0 atom stereocenters. The highest BCUT2D eigenvalue weighted by Crippen LogP contribution is 2.30. The van der Waals surface area contributed by atoms with Crippen LogP contribution in [0, 0.1) is 0 Å². The Morgan fingerprint density at radius 1 is 1.25 bits per heavy atom. The Bertz CT molecular complexity index is 791. The Balaban J connectivity index is 2.31. The van der Waals surface area contributed by atoms with E-state index in [9.17, 15) is 4.79 Å². The van der Waals surface area contributed by atoms with Crippen LogP contribution in [-0.4, -0.2) is 36.7 Å². The van der Waals surface area contributed by atoms with Crippen molar-refractivity contribution in [3.05, 3.63) is 59.0 Å². The van der Waals surface area contributed by atoms with Gasteiger partial charge in [-0.2, -0.15) is 0 Å². The summed E-state index contributed by atoms with van der Waals surface area (Å²) in [5.41, 5.74) is 8.22. The minimum Gasteiger partial charge on any atom is -0.444 e. The molecule has 28 heavy (non-hydrogen) atoms. The summed E-state index contributed by atoms with van der Waals surface area (Å²) in [6, 6.07) is 8.69. The molecule has 2 rings (SSSR count). The van der Waals surface area contributed by atoms with Gasteiger partial charge < -0.3 is 14.5 Å². The van der Waals surface area contributed by atoms with E-state index in [0.29, 0.717) is 19.0 Å². The van der Waals surface area contributed by atoms with E-state index in [1.807, 2.05) is 27.7 Å². The fourth-order valence-electron chi connectivity index (χ4n) is 3.29. The van der Waals surface area contributed by atoms with Gasteiger partial charge in [0.25, 0.3) is 0 Å². The van der Waals surface area contributed by atoms with Gasteiger partial charge >= 0.3 is 6.09 Å². The monoisotopic (exact) mass is 382 g/mol. The zero-order valence-electron chi connectivity index (χ0n) is 18.4. The van der Waals surface area contributed by atoms with E-state index in [2.05, 4.69) is 62.4 Å². The third kappa shape index (κ3) is 5.30. The lowest BCUT2D eigenvalue weighted by Crippen LogP contribution is -2.42. The third-order valence-electron chi connectivity index (χ3n) is 5.04. The maximum Gasteiger partial charge on any atom is 0.410 e. The normalized spacial score (nSPS) is 14.8. The number of amides is 1. The topological polar surface area (TPSA) is 32.8 Å². The predicted octanol–water partition coefficient (Wildman–Crippen LogP) is 5.87. The fraction of sp³-hybridized carbons (Fsp3) is 0.500. The number of hydrogen-bond acceptors (Lipinski definition) is 3. The van der Waals surface area contributed by atoms with Gasteiger partial charge in [-0.05, 0) is 56.9 Å². The maximum atomic E-state index is 12.5. The first-order chi connectivity index (χ1) is 13.0. The summed E-state index contributed by atoms with van der Waals surface area (Å²) >= 11 is 0. The van der Waals surface area contributed by atoms with Crippen LogP contribution < -0.4 is 4.90 Å². The van der Waals surface area contributed by atoms with Gasteiger partial charge in [0.05, 0.1) is 6.54 Å². The van der Waals surface area contributed by atoms with Crippen LogP contribution in [-0.2, 0) is 4.74 Å². The number of carbonyl (C=O) groups is 1. The summed E-state index contributed by atoms with van der Waals surface area (Å²) in [5, 5.41) is 0. The standard InChI is InChI=1S/C24H34N2O2/c1-9-18(4)21-16-26(23(27)28-24(5,6)7)15-14-22(21)25(8)20-12-10-19(11-13-20)17(2)3/h10-13,17H,1,14-16H2,2-8H3. The average Bonchev–Trinajstić information content (AvgIpc) is 2.65. The van der Waals surface area contributed by atoms with Crippen LogP contribution in [0.15, 0.2) is 53.4 Å². The number of nitrogens with zero attached hydrogens (tertiary/aromatic N) is 2. The van der Waals surface area contributed by atoms with Crippen molar-refractivity contribution >= 4 is 11.8 Å². The fourth-order valence-corrected chi connectivity index (χ4v) is 3.29. The van der Waals surface area contributed by atoms with Crippen molar-refractivity contribution in [3.8, 4) is 0 Å². The lowest BCUT2D eigenvalue weighted by molar-refractivity contribution is 0.0260. The second-order valence-corrected chi connectivity index (χ2v) is 8.68. The van der Waals surface area contributed by atoms with E-state index >= 15 is 0 Å². The van der Waals surface area contributed by atoms with Gasteiger partial charge in [-0.1, -0.05) is 32.6 Å². The second-order valence-electron chi connectivity index (χ2n) is 8.68. The summed E-state index contributed by atoms with van der Waals surface area (Å²) in [6.07, 6.45) is 0.487. The SMILES string of the molecule is C=C=C(C)C1=C(N(C)c2ccc(C(C)C)cc2)CCN(C(=O)OC(C)(C)C)C1. The first-order valence-corrected chi connectivity index (χ1v) is 9.94. The second kappa shape index (κ2) is 8.70. The van der Waals surface area contributed by atoms with Crippen LogP contribution in [0.1, 0.15) is 59.4 Å². The van der Waals surface area contributed by atoms with Crippen LogP contribution >= 0.6 is 0 Å². The lowest BCUT2D eigenvalue weighted by Gasteiger charge is -2.36. The molecule has 0 spiro atoms. The molecule has 0 saturated heterocycles. The number of carbonyl (C=O) groups excluding carboxylic acids is 1. The molecule has 0 fully saturated rings. The highest BCUT2D eigenvalue weighted by atomic mass is 16.6. The molecule has 0 aliphatic carbocycles. The molecule has 1 heterocycles. The zero-order valence-corrected chi connectivity index (χ0v) is 18.4. The molecule has 0 saturated carbocycles. The van der Waals surface area contributed by atoms with Crippen molar-refractivity contribution in [2.45, 2.75) is 59.5 Å². The molecule has 1 aromatic carbocycles. The van der Waals surface area contributed by atoms with Gasteiger partial charge in [0.2, 0.25) is 0 Å². The molecule has 4 heteroatoms. The molecule has 1 aliphatic heterocycles. The minimum absolute atomic E-state index is 0.273. The molecule has 1 aliphatic rings. The average molecular weight is 383 g/mol. The van der Waals surface area contributed by atoms with E-state index in [-0.39, 0.29) is 6.09 Å². The van der Waals surface area contributed by atoms with Crippen LogP contribution in [0.2, 0.25) is 0 Å². The smallest absolute Gasteiger partial charge is 0.410 e. The molecular weight excluding hydrogens is 348 g/mol. The Morgan fingerprint density at radius 2 is 1.86 bits per heavy atom. The highest BCUT2D eigenvalue weighted by molar-refractivity contribution is 5.70. The molecular formula is C24H34N2O2. The van der Waals surface area contributed by atoms with Gasteiger partial charge in [-0.3, -0.25) is 0 Å². The minimum atomic E-state index is -0.500. The summed E-state index contributed by atoms with van der Waals surface area (Å²) in [4.78, 5) is 16.5. The highest BCUT2D eigenvalue weighted by Gasteiger charge is 2.29. The number of hydrogen-bond donors (Lipinski definition) is 0. The predicted molar refractivity (Wildman–Crippen MR) is 117 cm³/mol. The van der Waals surface area contributed by atoms with E-state index in [1.54, 1.807) is 4.90 Å². The van der Waals surface area contributed by atoms with E-state index in [1.165, 1.54) is 11.3 Å². The molecule has 0 bridgehead atoms. The van der Waals surface area contributed by atoms with Crippen molar-refractivity contribution in [1.82, 2.24) is 4.90 Å². The maximum absolute atomic E-state index is 12.5. The van der Waals surface area contributed by atoms with Gasteiger partial charge in [0, 0.05) is 37.0 Å². The first-order valence-electron chi connectivity index (χ1n) is 9.94. The lowest BCUT2D eigenvalue weighted by atomic mass is 9.98. The van der Waals surface area contributed by atoms with Gasteiger partial charge in [-0.15, -0.1) is 5.73 Å². The molecule has 4 nitrogen and oxygen atoms in total. The van der Waals surface area contributed by atoms with Crippen molar-refractivity contribution in [2.24, 2.45) is 0 Å². The van der Waals surface area contributed by atoms with Crippen LogP contribution in [0.3, 0.4) is 0 Å². The van der Waals surface area contributed by atoms with Crippen molar-refractivity contribution in [2.75, 3.05) is 25.0 Å². The molecule has 1 amide bonds. The molecule has 152 valence electrons. The molecule has 1 aromatic rings. The largest absolute Gasteiger partial charge is 0.444 e. The Morgan fingerprint density at radius 3 is 2.36 bits per heavy atom. The summed E-state index contributed by atoms with van der Waals surface area (Å²) in [7, 11) is 2.08. The first kappa shape index (κ1) is 21.8. The quantitative estimate of drug-likeness (QED) is 0.610. The number of rotatable bonds is 4. The van der Waals surface area contributed by atoms with Crippen molar-refractivity contribution in [3.63, 3.8) is 0 Å². The van der Waals surface area contributed by atoms with Gasteiger partial charge in [-0.25, -0.2) is 4.79 Å². The van der Waals surface area contributed by atoms with Gasteiger partial charge in [0.1, 0.15) is 5.60 Å². The number of benzene rings is 1. The van der Waals surface area contributed by atoms with Crippen LogP contribution in [0.25, 0.3) is 0 Å². The summed E-state index contributed by atoms with van der Waals surface area (Å²) in [5.74, 6) is 0.511. The van der Waals surface area contributed by atoms with E-state index in [0.717, 1.165) is 23.3 Å². The van der Waals surface area contributed by atoms with Gasteiger partial charge in [0.15, 0.2) is 0 Å². The number of anilines is 1. The Labute approximate surface area is 170 Å². The molecule has 0 N–H and O–H groups in total. The van der Waals surface area contributed by atoms with Crippen molar-refractivity contribution < 1.29 is 9.53 Å².